The number of carbonyl (C=O) groups is 1. The molecule has 6 heteroatoms. The van der Waals surface area contributed by atoms with Crippen LogP contribution in [0.3, 0.4) is 0 Å². The second kappa shape index (κ2) is 4.90. The highest BCUT2D eigenvalue weighted by atomic mass is 16.5. The summed E-state index contributed by atoms with van der Waals surface area (Å²) in [7, 11) is 0. The Kier molecular flexibility index (Phi) is 3.06. The van der Waals surface area contributed by atoms with Crippen LogP contribution >= 0.6 is 0 Å². The third kappa shape index (κ3) is 2.10. The largest absolute Gasteiger partial charge is 0.493 e. The van der Waals surface area contributed by atoms with Gasteiger partial charge in [-0.15, -0.1) is 0 Å². The third-order valence-corrected chi connectivity index (χ3v) is 3.03. The number of rotatable bonds is 2. The number of hydrogen-bond acceptors (Lipinski definition) is 6. The number of pyridine rings is 1. The Hall–Kier alpha value is -2.89. The lowest BCUT2D eigenvalue weighted by Crippen LogP contribution is -2.09. The molecule has 3 aromatic rings. The van der Waals surface area contributed by atoms with Crippen LogP contribution in [0, 0.1) is 0 Å². The van der Waals surface area contributed by atoms with E-state index in [-0.39, 0.29) is 28.7 Å². The third-order valence-electron chi connectivity index (χ3n) is 3.03. The highest BCUT2D eigenvalue weighted by molar-refractivity contribution is 5.96. The molecule has 0 radical (unpaired) electrons. The minimum Gasteiger partial charge on any atom is -0.493 e. The molecule has 0 atom stereocenters. The second-order valence-electron chi connectivity index (χ2n) is 4.35. The van der Waals surface area contributed by atoms with Crippen LogP contribution in [0.1, 0.15) is 17.3 Å². The van der Waals surface area contributed by atoms with E-state index in [1.165, 1.54) is 6.07 Å². The van der Waals surface area contributed by atoms with Crippen LogP contribution in [-0.4, -0.2) is 22.7 Å². The molecule has 0 saturated heterocycles. The van der Waals surface area contributed by atoms with Crippen molar-refractivity contribution in [1.82, 2.24) is 4.98 Å². The van der Waals surface area contributed by atoms with Crippen molar-refractivity contribution in [3.63, 3.8) is 0 Å². The van der Waals surface area contributed by atoms with Crippen LogP contribution in [0.15, 0.2) is 39.5 Å². The summed E-state index contributed by atoms with van der Waals surface area (Å²) in [6.45, 7) is 1.81. The van der Waals surface area contributed by atoms with Gasteiger partial charge < -0.3 is 14.3 Å². The van der Waals surface area contributed by atoms with E-state index >= 15 is 0 Å². The van der Waals surface area contributed by atoms with Crippen molar-refractivity contribution in [2.45, 2.75) is 6.92 Å². The second-order valence-corrected chi connectivity index (χ2v) is 4.35. The van der Waals surface area contributed by atoms with Gasteiger partial charge in [0, 0.05) is 6.07 Å². The molecule has 3 rings (SSSR count). The van der Waals surface area contributed by atoms with E-state index in [0.29, 0.717) is 11.0 Å². The Morgan fingerprint density at radius 2 is 2.10 bits per heavy atom. The lowest BCUT2D eigenvalue weighted by Gasteiger charge is -2.05. The lowest BCUT2D eigenvalue weighted by molar-refractivity contribution is 0.0522. The highest BCUT2D eigenvalue weighted by Crippen LogP contribution is 2.23. The van der Waals surface area contributed by atoms with E-state index in [1.807, 2.05) is 0 Å². The number of aromatic hydroxyl groups is 1. The molecule has 0 aliphatic heterocycles. The molecule has 0 fully saturated rings. The van der Waals surface area contributed by atoms with Crippen molar-refractivity contribution in [2.75, 3.05) is 6.61 Å². The van der Waals surface area contributed by atoms with E-state index in [2.05, 4.69) is 4.98 Å². The summed E-state index contributed by atoms with van der Waals surface area (Å²) in [6.07, 6.45) is 0. The molecule has 0 spiro atoms. The van der Waals surface area contributed by atoms with Gasteiger partial charge in [-0.05, 0) is 19.1 Å². The van der Waals surface area contributed by atoms with Crippen LogP contribution in [0.2, 0.25) is 0 Å². The smallest absolute Gasteiger partial charge is 0.343 e. The number of para-hydroxylation sites is 1. The molecule has 0 amide bonds. The maximum absolute atomic E-state index is 12.3. The molecule has 0 unspecified atom stereocenters. The topological polar surface area (TPSA) is 89.6 Å². The zero-order chi connectivity index (χ0) is 15.0. The van der Waals surface area contributed by atoms with Crippen molar-refractivity contribution < 1.29 is 19.1 Å². The molecule has 2 heterocycles. The Morgan fingerprint density at radius 3 is 2.86 bits per heavy atom. The molecule has 2 aromatic heterocycles. The molecule has 0 aliphatic rings. The van der Waals surface area contributed by atoms with Gasteiger partial charge in [0.25, 0.3) is 0 Å². The number of benzene rings is 1. The number of esters is 1. The quantitative estimate of drug-likeness (QED) is 0.573. The van der Waals surface area contributed by atoms with Gasteiger partial charge in [-0.2, -0.15) is 0 Å². The fourth-order valence-electron chi connectivity index (χ4n) is 2.07. The summed E-state index contributed by atoms with van der Waals surface area (Å²) in [5.41, 5.74) is -0.0172. The number of fused-ring (bicyclic) bond motifs is 2. The molecular formula is C15H11NO5. The van der Waals surface area contributed by atoms with Crippen molar-refractivity contribution in [3.05, 3.63) is 46.1 Å². The van der Waals surface area contributed by atoms with Gasteiger partial charge in [0.2, 0.25) is 11.3 Å². The van der Waals surface area contributed by atoms with Crippen LogP contribution in [-0.2, 0) is 4.74 Å². The van der Waals surface area contributed by atoms with Gasteiger partial charge in [-0.25, -0.2) is 9.78 Å². The average molecular weight is 285 g/mol. The lowest BCUT2D eigenvalue weighted by atomic mass is 10.2. The zero-order valence-electron chi connectivity index (χ0n) is 11.1. The minimum absolute atomic E-state index is 0.0285. The molecule has 0 saturated carbocycles. The molecule has 21 heavy (non-hydrogen) atoms. The number of carbonyl (C=O) groups excluding carboxylic acids is 1. The minimum atomic E-state index is -0.722. The van der Waals surface area contributed by atoms with Crippen molar-refractivity contribution >= 4 is 28.0 Å². The van der Waals surface area contributed by atoms with E-state index in [0.717, 1.165) is 0 Å². The van der Waals surface area contributed by atoms with Gasteiger partial charge in [0.05, 0.1) is 12.0 Å². The molecule has 0 bridgehead atoms. The van der Waals surface area contributed by atoms with Gasteiger partial charge >= 0.3 is 5.97 Å². The molecule has 106 valence electrons. The van der Waals surface area contributed by atoms with E-state index in [9.17, 15) is 14.7 Å². The standard InChI is InChI=1S/C15H11NO5/c1-2-20-15(19)9-7-11-12(16-14(9)18)13(17)8-5-3-4-6-10(8)21-11/h3-7H,2H2,1H3,(H,16,18). The first kappa shape index (κ1) is 13.1. The SMILES string of the molecule is CCOC(=O)c1cc2oc3ccccc3c(=O)c2nc1O. The fraction of sp³-hybridized carbons (Fsp3) is 0.133. The maximum Gasteiger partial charge on any atom is 0.343 e. The fourth-order valence-corrected chi connectivity index (χ4v) is 2.07. The molecule has 1 N–H and O–H groups in total. The van der Waals surface area contributed by atoms with Gasteiger partial charge in [-0.3, -0.25) is 4.79 Å². The van der Waals surface area contributed by atoms with Crippen molar-refractivity contribution in [2.24, 2.45) is 0 Å². The summed E-state index contributed by atoms with van der Waals surface area (Å²) in [5, 5.41) is 10.2. The van der Waals surface area contributed by atoms with Crippen molar-refractivity contribution in [3.8, 4) is 5.88 Å². The average Bonchev–Trinajstić information content (AvgIpc) is 2.48. The summed E-state index contributed by atoms with van der Waals surface area (Å²) in [5.74, 6) is -1.27. The molecule has 6 nitrogen and oxygen atoms in total. The number of nitrogens with zero attached hydrogens (tertiary/aromatic N) is 1. The van der Waals surface area contributed by atoms with Crippen LogP contribution in [0.4, 0.5) is 0 Å². The van der Waals surface area contributed by atoms with Gasteiger partial charge in [-0.1, -0.05) is 12.1 Å². The van der Waals surface area contributed by atoms with Gasteiger partial charge in [0.1, 0.15) is 11.1 Å². The molecule has 1 aromatic carbocycles. The predicted molar refractivity (Wildman–Crippen MR) is 75.4 cm³/mol. The first-order valence-electron chi connectivity index (χ1n) is 6.34. The number of aromatic nitrogens is 1. The van der Waals surface area contributed by atoms with Crippen LogP contribution < -0.4 is 5.43 Å². The Balaban J connectivity index is 2.34. The highest BCUT2D eigenvalue weighted by Gasteiger charge is 2.18. The first-order valence-corrected chi connectivity index (χ1v) is 6.34. The Labute approximate surface area is 118 Å². The van der Waals surface area contributed by atoms with Crippen LogP contribution in [0.25, 0.3) is 22.1 Å². The predicted octanol–water partition coefficient (Wildman–Crippen LogP) is 2.22. The van der Waals surface area contributed by atoms with E-state index in [4.69, 9.17) is 9.15 Å². The monoisotopic (exact) mass is 285 g/mol. The zero-order valence-corrected chi connectivity index (χ0v) is 11.1. The van der Waals surface area contributed by atoms with E-state index in [1.54, 1.807) is 31.2 Å². The summed E-state index contributed by atoms with van der Waals surface area (Å²) >= 11 is 0. The first-order chi connectivity index (χ1) is 10.1. The summed E-state index contributed by atoms with van der Waals surface area (Å²) in [4.78, 5) is 27.8. The summed E-state index contributed by atoms with van der Waals surface area (Å²) in [6, 6.07) is 7.96. The number of ether oxygens (including phenoxy) is 1. The Morgan fingerprint density at radius 1 is 1.33 bits per heavy atom. The number of hydrogen-bond donors (Lipinski definition) is 1. The Bertz CT molecular complexity index is 913. The molecule has 0 aliphatic carbocycles. The van der Waals surface area contributed by atoms with Gasteiger partial charge in [0.15, 0.2) is 11.1 Å². The van der Waals surface area contributed by atoms with E-state index < -0.39 is 11.8 Å². The van der Waals surface area contributed by atoms with Crippen LogP contribution in [0.5, 0.6) is 5.88 Å². The normalized spacial score (nSPS) is 10.9. The maximum atomic E-state index is 12.3. The molecular weight excluding hydrogens is 274 g/mol. The summed E-state index contributed by atoms with van der Waals surface area (Å²) < 4.78 is 10.4. The van der Waals surface area contributed by atoms with Crippen molar-refractivity contribution in [1.29, 1.82) is 0 Å².